The molecule has 0 radical (unpaired) electrons. The van der Waals surface area contributed by atoms with Crippen molar-refractivity contribution in [1.29, 1.82) is 0 Å². The number of esters is 1. The van der Waals surface area contributed by atoms with Crippen molar-refractivity contribution >= 4 is 16.9 Å². The van der Waals surface area contributed by atoms with E-state index in [-0.39, 0.29) is 12.2 Å². The number of benzene rings is 2. The van der Waals surface area contributed by atoms with Crippen LogP contribution in [0, 0.1) is 0 Å². The first-order valence-electron chi connectivity index (χ1n) is 9.21. The van der Waals surface area contributed by atoms with Gasteiger partial charge in [-0.05, 0) is 37.2 Å². The van der Waals surface area contributed by atoms with Gasteiger partial charge in [-0.1, -0.05) is 62.4 Å². The summed E-state index contributed by atoms with van der Waals surface area (Å²) in [4.78, 5) is 18.6. The van der Waals surface area contributed by atoms with E-state index in [2.05, 4.69) is 23.7 Å². The van der Waals surface area contributed by atoms with Crippen LogP contribution in [0.2, 0.25) is 0 Å². The van der Waals surface area contributed by atoms with Crippen molar-refractivity contribution in [2.24, 2.45) is 0 Å². The van der Waals surface area contributed by atoms with Crippen LogP contribution in [-0.4, -0.2) is 35.2 Å². The van der Waals surface area contributed by atoms with Crippen LogP contribution in [0.4, 0.5) is 0 Å². The predicted octanol–water partition coefficient (Wildman–Crippen LogP) is 4.53. The van der Waals surface area contributed by atoms with Crippen molar-refractivity contribution in [1.82, 2.24) is 9.88 Å². The number of ether oxygens (including phenoxy) is 1. The van der Waals surface area contributed by atoms with Crippen molar-refractivity contribution in [2.45, 2.75) is 32.9 Å². The minimum atomic E-state index is -0.453. The van der Waals surface area contributed by atoms with Crippen molar-refractivity contribution in [3.63, 3.8) is 0 Å². The lowest BCUT2D eigenvalue weighted by molar-refractivity contribution is -0.158. The summed E-state index contributed by atoms with van der Waals surface area (Å²) in [5.41, 5.74) is 2.91. The van der Waals surface area contributed by atoms with E-state index >= 15 is 0 Å². The van der Waals surface area contributed by atoms with Crippen LogP contribution in [-0.2, 0) is 9.53 Å². The number of nitrogens with one attached hydrogen (secondary N) is 1. The molecule has 1 aromatic heterocycles. The molecule has 0 bridgehead atoms. The van der Waals surface area contributed by atoms with Gasteiger partial charge >= 0.3 is 5.97 Å². The van der Waals surface area contributed by atoms with E-state index in [1.807, 2.05) is 67.7 Å². The molecule has 2 aromatic carbocycles. The van der Waals surface area contributed by atoms with Gasteiger partial charge in [-0.25, -0.2) is 0 Å². The molecule has 136 valence electrons. The van der Waals surface area contributed by atoms with Gasteiger partial charge in [-0.2, -0.15) is 0 Å². The largest absolute Gasteiger partial charge is 0.446 e. The quantitative estimate of drug-likeness (QED) is 0.503. The number of H-pyrrole nitrogens is 1. The molecule has 4 heteroatoms. The second kappa shape index (κ2) is 8.19. The maximum Gasteiger partial charge on any atom is 0.319 e. The van der Waals surface area contributed by atoms with Crippen LogP contribution >= 0.6 is 0 Å². The van der Waals surface area contributed by atoms with Crippen molar-refractivity contribution in [2.75, 3.05) is 13.1 Å². The van der Waals surface area contributed by atoms with Gasteiger partial charge in [0.25, 0.3) is 0 Å². The predicted molar refractivity (Wildman–Crippen MR) is 105 cm³/mol. The van der Waals surface area contributed by atoms with E-state index in [0.717, 1.165) is 35.1 Å². The fourth-order valence-electron chi connectivity index (χ4n) is 3.47. The van der Waals surface area contributed by atoms with Gasteiger partial charge in [-0.15, -0.1) is 0 Å². The maximum absolute atomic E-state index is 13.2. The van der Waals surface area contributed by atoms with Crippen molar-refractivity contribution in [3.8, 4) is 0 Å². The van der Waals surface area contributed by atoms with E-state index in [4.69, 9.17) is 4.74 Å². The molecule has 2 unspecified atom stereocenters. The molecule has 3 rings (SSSR count). The Kier molecular flexibility index (Phi) is 5.74. The number of para-hydroxylation sites is 1. The summed E-state index contributed by atoms with van der Waals surface area (Å²) in [5.74, 6) is -0.675. The van der Waals surface area contributed by atoms with Gasteiger partial charge in [-0.3, -0.25) is 9.69 Å². The lowest BCUT2D eigenvalue weighted by Gasteiger charge is -2.27. The SMILES string of the molecule is CCN(CC)C(C)OC(=O)C(c1ccccc1)c1c[nH]c2ccccc12. The highest BCUT2D eigenvalue weighted by molar-refractivity contribution is 5.92. The van der Waals surface area contributed by atoms with Crippen LogP contribution in [0.3, 0.4) is 0 Å². The highest BCUT2D eigenvalue weighted by atomic mass is 16.6. The lowest BCUT2D eigenvalue weighted by Crippen LogP contribution is -2.37. The zero-order chi connectivity index (χ0) is 18.5. The summed E-state index contributed by atoms with van der Waals surface area (Å²) in [6.45, 7) is 7.76. The standard InChI is InChI=1S/C22H26N2O2/c1-4-24(5-2)16(3)26-22(25)21(17-11-7-6-8-12-17)19-15-23-20-14-10-9-13-18(19)20/h6-16,21,23H,4-5H2,1-3H3. The number of carbonyl (C=O) groups is 1. The average molecular weight is 350 g/mol. The average Bonchev–Trinajstić information content (AvgIpc) is 3.08. The topological polar surface area (TPSA) is 45.3 Å². The number of aromatic amines is 1. The van der Waals surface area contributed by atoms with Gasteiger partial charge < -0.3 is 9.72 Å². The van der Waals surface area contributed by atoms with Gasteiger partial charge in [0.1, 0.15) is 5.92 Å². The molecule has 3 aromatic rings. The molecule has 0 aliphatic rings. The number of hydrogen-bond donors (Lipinski definition) is 1. The Hall–Kier alpha value is -2.59. The zero-order valence-corrected chi connectivity index (χ0v) is 15.6. The second-order valence-electron chi connectivity index (χ2n) is 6.39. The normalized spacial score (nSPS) is 13.7. The number of hydrogen-bond acceptors (Lipinski definition) is 3. The van der Waals surface area contributed by atoms with E-state index in [1.54, 1.807) is 0 Å². The Morgan fingerprint density at radius 2 is 1.69 bits per heavy atom. The number of carbonyl (C=O) groups excluding carboxylic acids is 1. The first-order valence-corrected chi connectivity index (χ1v) is 9.21. The van der Waals surface area contributed by atoms with Crippen molar-refractivity contribution in [3.05, 3.63) is 71.9 Å². The molecule has 0 aliphatic heterocycles. The third-order valence-corrected chi connectivity index (χ3v) is 4.91. The van der Waals surface area contributed by atoms with Gasteiger partial charge in [0.15, 0.2) is 6.23 Å². The molecule has 1 N–H and O–H groups in total. The molecule has 2 atom stereocenters. The number of nitrogens with zero attached hydrogens (tertiary/aromatic N) is 1. The highest BCUT2D eigenvalue weighted by Gasteiger charge is 2.29. The second-order valence-corrected chi connectivity index (χ2v) is 6.39. The summed E-state index contributed by atoms with van der Waals surface area (Å²) in [6.07, 6.45) is 1.67. The molecular formula is C22H26N2O2. The minimum absolute atomic E-state index is 0.222. The molecule has 4 nitrogen and oxygen atoms in total. The Bertz CT molecular complexity index is 853. The molecule has 0 amide bonds. The molecule has 0 saturated heterocycles. The lowest BCUT2D eigenvalue weighted by atomic mass is 9.91. The monoisotopic (exact) mass is 350 g/mol. The highest BCUT2D eigenvalue weighted by Crippen LogP contribution is 2.32. The number of aromatic nitrogens is 1. The third kappa shape index (κ3) is 3.65. The summed E-state index contributed by atoms with van der Waals surface area (Å²) >= 11 is 0. The van der Waals surface area contributed by atoms with Crippen LogP contribution < -0.4 is 0 Å². The first-order chi connectivity index (χ1) is 12.7. The Balaban J connectivity index is 1.98. The molecule has 0 fully saturated rings. The molecule has 0 saturated carbocycles. The van der Waals surface area contributed by atoms with E-state index in [9.17, 15) is 4.79 Å². The maximum atomic E-state index is 13.2. The van der Waals surface area contributed by atoms with Gasteiger partial charge in [0.05, 0.1) is 0 Å². The summed E-state index contributed by atoms with van der Waals surface area (Å²) in [6, 6.07) is 17.9. The molecule has 0 spiro atoms. The summed E-state index contributed by atoms with van der Waals surface area (Å²) < 4.78 is 5.86. The van der Waals surface area contributed by atoms with Crippen LogP contribution in [0.1, 0.15) is 37.8 Å². The smallest absolute Gasteiger partial charge is 0.319 e. The fourth-order valence-corrected chi connectivity index (χ4v) is 3.47. The minimum Gasteiger partial charge on any atom is -0.446 e. The molecule has 1 heterocycles. The number of fused-ring (bicyclic) bond motifs is 1. The zero-order valence-electron chi connectivity index (χ0n) is 15.6. The van der Waals surface area contributed by atoms with Gasteiger partial charge in [0.2, 0.25) is 0 Å². The van der Waals surface area contributed by atoms with E-state index in [0.29, 0.717) is 0 Å². The van der Waals surface area contributed by atoms with Gasteiger partial charge in [0, 0.05) is 17.1 Å². The molecule has 0 aliphatic carbocycles. The molecular weight excluding hydrogens is 324 g/mol. The van der Waals surface area contributed by atoms with Crippen molar-refractivity contribution < 1.29 is 9.53 Å². The summed E-state index contributed by atoms with van der Waals surface area (Å²) in [5, 5.41) is 1.05. The first kappa shape index (κ1) is 18.2. The molecule has 26 heavy (non-hydrogen) atoms. The summed E-state index contributed by atoms with van der Waals surface area (Å²) in [7, 11) is 0. The van der Waals surface area contributed by atoms with Crippen LogP contribution in [0.25, 0.3) is 10.9 Å². The number of rotatable bonds is 7. The fraction of sp³-hybridized carbons (Fsp3) is 0.318. The third-order valence-electron chi connectivity index (χ3n) is 4.91. The van der Waals surface area contributed by atoms with Crippen LogP contribution in [0.15, 0.2) is 60.8 Å². The Labute approximate surface area is 154 Å². The van der Waals surface area contributed by atoms with E-state index < -0.39 is 5.92 Å². The van der Waals surface area contributed by atoms with E-state index in [1.165, 1.54) is 0 Å². The Morgan fingerprint density at radius 3 is 2.38 bits per heavy atom. The van der Waals surface area contributed by atoms with Crippen LogP contribution in [0.5, 0.6) is 0 Å². The Morgan fingerprint density at radius 1 is 1.04 bits per heavy atom.